The smallest absolute Gasteiger partial charge is 0.257 e. The number of carbonyl (C=O) groups excluding carboxylic acids is 1. The van der Waals surface area contributed by atoms with Crippen molar-refractivity contribution in [1.82, 2.24) is 19.8 Å². The number of hydrogen-bond acceptors (Lipinski definition) is 7. The predicted octanol–water partition coefficient (Wildman–Crippen LogP) is 3.03. The molecular weight excluding hydrogens is 366 g/mol. The summed E-state index contributed by atoms with van der Waals surface area (Å²) in [6.07, 6.45) is 0. The average Bonchev–Trinajstić information content (AvgIpc) is 3.27. The van der Waals surface area contributed by atoms with E-state index in [1.54, 1.807) is 35.9 Å². The lowest BCUT2D eigenvalue weighted by Crippen LogP contribution is -2.12. The second-order valence-corrected chi connectivity index (χ2v) is 6.46. The molecule has 4 rings (SSSR count). The molecule has 0 bridgehead atoms. The number of methoxy groups -OCH3 is 1. The van der Waals surface area contributed by atoms with Crippen LogP contribution in [0.2, 0.25) is 0 Å². The molecule has 0 saturated heterocycles. The first-order valence-corrected chi connectivity index (χ1v) is 8.89. The molecule has 0 aliphatic carbocycles. The molecule has 9 heteroatoms. The summed E-state index contributed by atoms with van der Waals surface area (Å²) in [5, 5.41) is 15.7. The van der Waals surface area contributed by atoms with Crippen molar-refractivity contribution >= 4 is 27.3 Å². The third-order valence-corrected chi connectivity index (χ3v) is 4.53. The van der Waals surface area contributed by atoms with Crippen molar-refractivity contribution in [2.75, 3.05) is 12.4 Å². The molecule has 0 aliphatic heterocycles. The number of hydrogen-bond donors (Lipinski definition) is 1. The first kappa shape index (κ1) is 17.0. The number of ether oxygens (including phenoxy) is 2. The van der Waals surface area contributed by atoms with Crippen LogP contribution in [0.5, 0.6) is 11.5 Å². The van der Waals surface area contributed by atoms with Gasteiger partial charge in [0, 0.05) is 5.56 Å². The third kappa shape index (κ3) is 3.72. The van der Waals surface area contributed by atoms with E-state index in [0.717, 1.165) is 5.75 Å². The minimum atomic E-state index is -0.277. The molecule has 0 radical (unpaired) electrons. The van der Waals surface area contributed by atoms with Gasteiger partial charge in [-0.05, 0) is 30.3 Å². The van der Waals surface area contributed by atoms with Crippen molar-refractivity contribution in [2.45, 2.75) is 6.61 Å². The van der Waals surface area contributed by atoms with E-state index in [-0.39, 0.29) is 12.5 Å². The molecule has 0 aliphatic rings. The highest BCUT2D eigenvalue weighted by molar-refractivity contribution is 7.20. The zero-order valence-electron chi connectivity index (χ0n) is 14.3. The zero-order chi connectivity index (χ0) is 18.6. The van der Waals surface area contributed by atoms with Crippen LogP contribution in [0.25, 0.3) is 4.96 Å². The molecule has 2 aromatic heterocycles. The molecule has 0 saturated carbocycles. The Hall–Kier alpha value is -3.46. The Kier molecular flexibility index (Phi) is 4.67. The van der Waals surface area contributed by atoms with Crippen LogP contribution in [-0.2, 0) is 6.61 Å². The van der Waals surface area contributed by atoms with Crippen molar-refractivity contribution in [3.05, 3.63) is 66.0 Å². The van der Waals surface area contributed by atoms with Crippen LogP contribution in [0.15, 0.2) is 54.6 Å². The van der Waals surface area contributed by atoms with Gasteiger partial charge in [-0.2, -0.15) is 4.52 Å². The number of amides is 1. The van der Waals surface area contributed by atoms with Gasteiger partial charge in [0.2, 0.25) is 10.1 Å². The van der Waals surface area contributed by atoms with Gasteiger partial charge in [-0.3, -0.25) is 10.1 Å². The number of carbonyl (C=O) groups is 1. The van der Waals surface area contributed by atoms with E-state index in [9.17, 15) is 4.79 Å². The lowest BCUT2D eigenvalue weighted by Gasteiger charge is -2.04. The second kappa shape index (κ2) is 7.42. The maximum Gasteiger partial charge on any atom is 0.257 e. The number of nitrogens with one attached hydrogen (secondary N) is 1. The van der Waals surface area contributed by atoms with E-state index in [4.69, 9.17) is 9.47 Å². The summed E-state index contributed by atoms with van der Waals surface area (Å²) in [6, 6.07) is 16.3. The second-order valence-electron chi connectivity index (χ2n) is 5.51. The number of aromatic nitrogens is 4. The summed E-state index contributed by atoms with van der Waals surface area (Å²) < 4.78 is 12.4. The van der Waals surface area contributed by atoms with Gasteiger partial charge in [0.15, 0.2) is 5.82 Å². The number of nitrogens with zero attached hydrogens (tertiary/aromatic N) is 4. The van der Waals surface area contributed by atoms with Gasteiger partial charge in [0.25, 0.3) is 5.91 Å². The Morgan fingerprint density at radius 1 is 1.11 bits per heavy atom. The topological polar surface area (TPSA) is 90.6 Å². The number of para-hydroxylation sites is 1. The largest absolute Gasteiger partial charge is 0.497 e. The molecule has 2 aromatic carbocycles. The molecule has 27 heavy (non-hydrogen) atoms. The SMILES string of the molecule is COc1cccc(C(=O)Nc2nn3c(COc4ccccc4)nnc3s2)c1. The van der Waals surface area contributed by atoms with Gasteiger partial charge in [0.1, 0.15) is 18.1 Å². The molecule has 136 valence electrons. The summed E-state index contributed by atoms with van der Waals surface area (Å²) >= 11 is 1.23. The molecule has 0 atom stereocenters. The van der Waals surface area contributed by atoms with E-state index in [1.165, 1.54) is 11.3 Å². The molecule has 0 spiro atoms. The van der Waals surface area contributed by atoms with Crippen molar-refractivity contribution in [2.24, 2.45) is 0 Å². The maximum absolute atomic E-state index is 12.4. The standard InChI is InChI=1S/C18H15N5O3S/c1-25-14-9-5-6-12(10-14)16(24)19-17-22-23-15(20-21-18(23)27-17)11-26-13-7-3-2-4-8-13/h2-10H,11H2,1H3,(H,19,22,24). The summed E-state index contributed by atoms with van der Waals surface area (Å²) in [4.78, 5) is 13.0. The Balaban J connectivity index is 1.48. The van der Waals surface area contributed by atoms with Gasteiger partial charge < -0.3 is 9.47 Å². The minimum absolute atomic E-state index is 0.220. The Labute approximate surface area is 158 Å². The van der Waals surface area contributed by atoms with E-state index in [2.05, 4.69) is 20.6 Å². The molecular formula is C18H15N5O3S. The normalized spacial score (nSPS) is 10.7. The predicted molar refractivity (Wildman–Crippen MR) is 100 cm³/mol. The van der Waals surface area contributed by atoms with Crippen LogP contribution in [0, 0.1) is 0 Å². The fraction of sp³-hybridized carbons (Fsp3) is 0.111. The van der Waals surface area contributed by atoms with Crippen LogP contribution in [0.1, 0.15) is 16.2 Å². The van der Waals surface area contributed by atoms with Gasteiger partial charge in [-0.15, -0.1) is 15.3 Å². The Bertz CT molecular complexity index is 1080. The van der Waals surface area contributed by atoms with E-state index < -0.39 is 0 Å². The Morgan fingerprint density at radius 3 is 2.74 bits per heavy atom. The quantitative estimate of drug-likeness (QED) is 0.552. The van der Waals surface area contributed by atoms with Gasteiger partial charge in [-0.25, -0.2) is 0 Å². The summed E-state index contributed by atoms with van der Waals surface area (Å²) in [5.74, 6) is 1.62. The van der Waals surface area contributed by atoms with Crippen LogP contribution >= 0.6 is 11.3 Å². The first-order chi connectivity index (χ1) is 13.2. The monoisotopic (exact) mass is 381 g/mol. The van der Waals surface area contributed by atoms with Crippen molar-refractivity contribution < 1.29 is 14.3 Å². The number of anilines is 1. The Morgan fingerprint density at radius 2 is 1.93 bits per heavy atom. The molecule has 2 heterocycles. The fourth-order valence-corrected chi connectivity index (χ4v) is 3.15. The first-order valence-electron chi connectivity index (χ1n) is 8.07. The molecule has 0 unspecified atom stereocenters. The zero-order valence-corrected chi connectivity index (χ0v) is 15.1. The van der Waals surface area contributed by atoms with Gasteiger partial charge >= 0.3 is 0 Å². The number of fused-ring (bicyclic) bond motifs is 1. The molecule has 8 nitrogen and oxygen atoms in total. The van der Waals surface area contributed by atoms with Crippen molar-refractivity contribution in [3.63, 3.8) is 0 Å². The molecule has 1 N–H and O–H groups in total. The van der Waals surface area contributed by atoms with Crippen LogP contribution in [0.3, 0.4) is 0 Å². The van der Waals surface area contributed by atoms with Crippen molar-refractivity contribution in [3.8, 4) is 11.5 Å². The number of rotatable bonds is 6. The summed E-state index contributed by atoms with van der Waals surface area (Å²) in [6.45, 7) is 0.220. The molecule has 1 amide bonds. The molecule has 0 fully saturated rings. The highest BCUT2D eigenvalue weighted by Gasteiger charge is 2.15. The highest BCUT2D eigenvalue weighted by Crippen LogP contribution is 2.21. The minimum Gasteiger partial charge on any atom is -0.497 e. The lowest BCUT2D eigenvalue weighted by atomic mass is 10.2. The lowest BCUT2D eigenvalue weighted by molar-refractivity contribution is 0.102. The maximum atomic E-state index is 12.4. The number of benzene rings is 2. The van der Waals surface area contributed by atoms with Crippen LogP contribution in [0.4, 0.5) is 5.13 Å². The van der Waals surface area contributed by atoms with E-state index in [0.29, 0.717) is 27.2 Å². The van der Waals surface area contributed by atoms with E-state index >= 15 is 0 Å². The summed E-state index contributed by atoms with van der Waals surface area (Å²) in [7, 11) is 1.55. The fourth-order valence-electron chi connectivity index (χ4n) is 2.40. The van der Waals surface area contributed by atoms with Gasteiger partial charge in [-0.1, -0.05) is 35.6 Å². The highest BCUT2D eigenvalue weighted by atomic mass is 32.1. The van der Waals surface area contributed by atoms with E-state index in [1.807, 2.05) is 30.3 Å². The van der Waals surface area contributed by atoms with Crippen molar-refractivity contribution in [1.29, 1.82) is 0 Å². The molecule has 4 aromatic rings. The average molecular weight is 381 g/mol. The van der Waals surface area contributed by atoms with Crippen LogP contribution in [-0.4, -0.2) is 32.8 Å². The van der Waals surface area contributed by atoms with Crippen LogP contribution < -0.4 is 14.8 Å². The third-order valence-electron chi connectivity index (χ3n) is 3.72. The summed E-state index contributed by atoms with van der Waals surface area (Å²) in [5.41, 5.74) is 0.480. The van der Waals surface area contributed by atoms with Gasteiger partial charge in [0.05, 0.1) is 7.11 Å².